The van der Waals surface area contributed by atoms with E-state index in [1.807, 2.05) is 18.2 Å². The molecule has 0 atom stereocenters. The molecule has 6 heteroatoms. The molecule has 0 saturated heterocycles. The van der Waals surface area contributed by atoms with E-state index in [1.54, 1.807) is 6.07 Å². The van der Waals surface area contributed by atoms with Gasteiger partial charge >= 0.3 is 0 Å². The fourth-order valence-electron chi connectivity index (χ4n) is 2.19. The van der Waals surface area contributed by atoms with E-state index in [2.05, 4.69) is 10.5 Å². The summed E-state index contributed by atoms with van der Waals surface area (Å²) in [6.07, 6.45) is 0.517. The summed E-state index contributed by atoms with van der Waals surface area (Å²) in [7, 11) is 0. The second-order valence-electron chi connectivity index (χ2n) is 4.72. The number of hydrogen-bond donors (Lipinski definition) is 1. The molecule has 0 spiro atoms. The van der Waals surface area contributed by atoms with E-state index in [0.717, 1.165) is 23.8 Å². The highest BCUT2D eigenvalue weighted by Gasteiger charge is 2.17. The van der Waals surface area contributed by atoms with Crippen LogP contribution in [0.1, 0.15) is 22.3 Å². The minimum Gasteiger partial charge on any atom is -0.492 e. The van der Waals surface area contributed by atoms with E-state index in [-0.39, 0.29) is 5.56 Å². The normalized spacial score (nSPS) is 15.1. The van der Waals surface area contributed by atoms with E-state index >= 15 is 0 Å². The van der Waals surface area contributed by atoms with Gasteiger partial charge in [-0.1, -0.05) is 12.1 Å². The van der Waals surface area contributed by atoms with Crippen molar-refractivity contribution in [1.82, 2.24) is 5.43 Å². The number of para-hydroxylation sites is 1. The number of amides is 1. The SMILES string of the molecule is O=C(N/N=C1/CCOc2ccccc21)c1cc(F)ccc1F. The zero-order valence-corrected chi connectivity index (χ0v) is 11.5. The number of ether oxygens (including phenoxy) is 1. The Bertz CT molecular complexity index is 760. The largest absolute Gasteiger partial charge is 0.492 e. The molecule has 0 unspecified atom stereocenters. The second kappa shape index (κ2) is 5.93. The van der Waals surface area contributed by atoms with Crippen LogP contribution in [0.3, 0.4) is 0 Å². The van der Waals surface area contributed by atoms with Crippen molar-refractivity contribution >= 4 is 11.6 Å². The van der Waals surface area contributed by atoms with Crippen LogP contribution in [0.15, 0.2) is 47.6 Å². The van der Waals surface area contributed by atoms with Gasteiger partial charge in [0.25, 0.3) is 5.91 Å². The summed E-state index contributed by atoms with van der Waals surface area (Å²) >= 11 is 0. The number of nitrogens with zero attached hydrogens (tertiary/aromatic N) is 1. The molecule has 0 aliphatic carbocycles. The summed E-state index contributed by atoms with van der Waals surface area (Å²) in [5.74, 6) is -1.60. The number of hydrazone groups is 1. The zero-order chi connectivity index (χ0) is 15.5. The van der Waals surface area contributed by atoms with Gasteiger partial charge in [-0.05, 0) is 30.3 Å². The van der Waals surface area contributed by atoms with Crippen molar-refractivity contribution in [1.29, 1.82) is 0 Å². The summed E-state index contributed by atoms with van der Waals surface area (Å²) in [6.45, 7) is 0.444. The van der Waals surface area contributed by atoms with Crippen LogP contribution in [0.5, 0.6) is 5.75 Å². The lowest BCUT2D eigenvalue weighted by atomic mass is 10.0. The number of carbonyl (C=O) groups excluding carboxylic acids is 1. The highest BCUT2D eigenvalue weighted by Crippen LogP contribution is 2.24. The van der Waals surface area contributed by atoms with Gasteiger partial charge in [-0.3, -0.25) is 4.79 Å². The molecule has 1 amide bonds. The zero-order valence-electron chi connectivity index (χ0n) is 11.5. The van der Waals surface area contributed by atoms with Gasteiger partial charge in [-0.2, -0.15) is 5.10 Å². The maximum absolute atomic E-state index is 13.5. The summed E-state index contributed by atoms with van der Waals surface area (Å²) in [4.78, 5) is 11.9. The molecule has 0 bridgehead atoms. The van der Waals surface area contributed by atoms with Crippen LogP contribution >= 0.6 is 0 Å². The summed E-state index contributed by atoms with van der Waals surface area (Å²) in [5, 5.41) is 4.02. The molecule has 1 N–H and O–H groups in total. The summed E-state index contributed by atoms with van der Waals surface area (Å²) in [5.41, 5.74) is 3.28. The molecule has 4 nitrogen and oxygen atoms in total. The highest BCUT2D eigenvalue weighted by molar-refractivity contribution is 6.04. The van der Waals surface area contributed by atoms with Gasteiger partial charge in [-0.15, -0.1) is 0 Å². The van der Waals surface area contributed by atoms with E-state index in [9.17, 15) is 13.6 Å². The highest BCUT2D eigenvalue weighted by atomic mass is 19.1. The molecule has 1 aliphatic heterocycles. The minimum absolute atomic E-state index is 0.385. The Morgan fingerprint density at radius 1 is 1.18 bits per heavy atom. The van der Waals surface area contributed by atoms with E-state index < -0.39 is 17.5 Å². The average Bonchev–Trinajstić information content (AvgIpc) is 2.54. The van der Waals surface area contributed by atoms with Crippen molar-refractivity contribution < 1.29 is 18.3 Å². The van der Waals surface area contributed by atoms with Gasteiger partial charge in [0.05, 0.1) is 17.9 Å². The lowest BCUT2D eigenvalue weighted by molar-refractivity contribution is 0.0950. The molecule has 2 aromatic rings. The molecular formula is C16H12F2N2O2. The Kier molecular flexibility index (Phi) is 3.82. The number of carbonyl (C=O) groups is 1. The Morgan fingerprint density at radius 2 is 2.00 bits per heavy atom. The third-order valence-electron chi connectivity index (χ3n) is 3.26. The second-order valence-corrected chi connectivity index (χ2v) is 4.72. The van der Waals surface area contributed by atoms with E-state index in [0.29, 0.717) is 24.5 Å². The third-order valence-corrected chi connectivity index (χ3v) is 3.26. The molecule has 112 valence electrons. The predicted molar refractivity (Wildman–Crippen MR) is 76.9 cm³/mol. The Hall–Kier alpha value is -2.76. The number of nitrogens with one attached hydrogen (secondary N) is 1. The van der Waals surface area contributed by atoms with E-state index in [4.69, 9.17) is 4.74 Å². The number of rotatable bonds is 2. The Morgan fingerprint density at radius 3 is 2.86 bits per heavy atom. The van der Waals surface area contributed by atoms with Crippen molar-refractivity contribution in [3.63, 3.8) is 0 Å². The molecule has 0 aromatic heterocycles. The quantitative estimate of drug-likeness (QED) is 0.867. The first-order valence-corrected chi connectivity index (χ1v) is 6.69. The van der Waals surface area contributed by atoms with Gasteiger partial charge in [0, 0.05) is 12.0 Å². The van der Waals surface area contributed by atoms with Crippen LogP contribution in [-0.4, -0.2) is 18.2 Å². The molecular weight excluding hydrogens is 290 g/mol. The fraction of sp³-hybridized carbons (Fsp3) is 0.125. The van der Waals surface area contributed by atoms with Crippen LogP contribution in [0.25, 0.3) is 0 Å². The van der Waals surface area contributed by atoms with Crippen molar-refractivity contribution in [3.8, 4) is 5.75 Å². The summed E-state index contributed by atoms with van der Waals surface area (Å²) in [6, 6.07) is 9.98. The molecule has 2 aromatic carbocycles. The van der Waals surface area contributed by atoms with Gasteiger partial charge in [0.1, 0.15) is 17.4 Å². The fourth-order valence-corrected chi connectivity index (χ4v) is 2.19. The van der Waals surface area contributed by atoms with Gasteiger partial charge in [-0.25, -0.2) is 14.2 Å². The molecule has 0 radical (unpaired) electrons. The third kappa shape index (κ3) is 2.81. The summed E-state index contributed by atoms with van der Waals surface area (Å²) < 4.78 is 32.1. The lowest BCUT2D eigenvalue weighted by Gasteiger charge is -2.18. The van der Waals surface area contributed by atoms with Crippen LogP contribution in [0, 0.1) is 11.6 Å². The van der Waals surface area contributed by atoms with Crippen LogP contribution < -0.4 is 10.2 Å². The number of fused-ring (bicyclic) bond motifs is 1. The molecule has 22 heavy (non-hydrogen) atoms. The standard InChI is InChI=1S/C16H12F2N2O2/c17-10-5-6-13(18)12(9-10)16(21)20-19-14-7-8-22-15-4-2-1-3-11(14)15/h1-6,9H,7-8H2,(H,20,21)/b19-14-. The number of hydrogen-bond acceptors (Lipinski definition) is 3. The van der Waals surface area contributed by atoms with Crippen LogP contribution in [0.2, 0.25) is 0 Å². The molecule has 0 fully saturated rings. The van der Waals surface area contributed by atoms with E-state index in [1.165, 1.54) is 0 Å². The number of benzene rings is 2. The first kappa shape index (κ1) is 14.2. The molecule has 0 saturated carbocycles. The van der Waals surface area contributed by atoms with Crippen LogP contribution in [0.4, 0.5) is 8.78 Å². The predicted octanol–water partition coefficient (Wildman–Crippen LogP) is 2.88. The Balaban J connectivity index is 1.83. The van der Waals surface area contributed by atoms with Gasteiger partial charge in [0.2, 0.25) is 0 Å². The molecule has 1 aliphatic rings. The topological polar surface area (TPSA) is 50.7 Å². The number of halogens is 2. The lowest BCUT2D eigenvalue weighted by Crippen LogP contribution is -2.24. The van der Waals surface area contributed by atoms with Crippen molar-refractivity contribution in [2.45, 2.75) is 6.42 Å². The molecule has 3 rings (SSSR count). The van der Waals surface area contributed by atoms with Gasteiger partial charge < -0.3 is 4.74 Å². The van der Waals surface area contributed by atoms with Crippen molar-refractivity contribution in [2.24, 2.45) is 5.10 Å². The maximum atomic E-state index is 13.5. The average molecular weight is 302 g/mol. The monoisotopic (exact) mass is 302 g/mol. The van der Waals surface area contributed by atoms with Crippen molar-refractivity contribution in [3.05, 3.63) is 65.2 Å². The van der Waals surface area contributed by atoms with Crippen molar-refractivity contribution in [2.75, 3.05) is 6.61 Å². The first-order chi connectivity index (χ1) is 10.6. The minimum atomic E-state index is -0.800. The maximum Gasteiger partial charge on any atom is 0.274 e. The molecule has 1 heterocycles. The smallest absolute Gasteiger partial charge is 0.274 e. The first-order valence-electron chi connectivity index (χ1n) is 6.69. The van der Waals surface area contributed by atoms with Gasteiger partial charge in [0.15, 0.2) is 0 Å². The Labute approximate surface area is 125 Å². The van der Waals surface area contributed by atoms with Crippen LogP contribution in [-0.2, 0) is 0 Å².